The number of halogens is 1. The molecule has 0 aliphatic heterocycles. The Labute approximate surface area is 123 Å². The van der Waals surface area contributed by atoms with Crippen LogP contribution in [-0.2, 0) is 16.0 Å². The van der Waals surface area contributed by atoms with Gasteiger partial charge in [-0.15, -0.1) is 0 Å². The number of anilines is 1. The maximum absolute atomic E-state index is 13.9. The van der Waals surface area contributed by atoms with E-state index in [0.29, 0.717) is 6.42 Å². The summed E-state index contributed by atoms with van der Waals surface area (Å²) in [6.07, 6.45) is 0.617. The van der Waals surface area contributed by atoms with Crippen LogP contribution in [0.2, 0.25) is 0 Å². The van der Waals surface area contributed by atoms with Gasteiger partial charge in [-0.1, -0.05) is 0 Å². The predicted molar refractivity (Wildman–Crippen MR) is 81.1 cm³/mol. The van der Waals surface area contributed by atoms with Gasteiger partial charge in [-0.3, -0.25) is 9.78 Å². The molecular formula is C16H19FN2O2. The number of nitrogens with zero attached hydrogens (tertiary/aromatic N) is 2. The first-order valence-corrected chi connectivity index (χ1v) is 6.76. The predicted octanol–water partition coefficient (Wildman–Crippen LogP) is 2.85. The quantitative estimate of drug-likeness (QED) is 0.812. The average Bonchev–Trinajstić information content (AvgIpc) is 2.43. The van der Waals surface area contributed by atoms with Crippen LogP contribution < -0.4 is 4.90 Å². The number of methoxy groups -OCH3 is 1. The minimum atomic E-state index is -0.323. The highest BCUT2D eigenvalue weighted by molar-refractivity contribution is 5.94. The Balaban J connectivity index is 2.57. The molecule has 0 saturated carbocycles. The van der Waals surface area contributed by atoms with E-state index in [4.69, 9.17) is 0 Å². The number of hydrogen-bond donors (Lipinski definition) is 0. The fraction of sp³-hybridized carbons (Fsp3) is 0.375. The Kier molecular flexibility index (Phi) is 4.40. The molecule has 112 valence electrons. The van der Waals surface area contributed by atoms with Crippen LogP contribution in [-0.4, -0.2) is 32.2 Å². The standard InChI is InChI=1S/C16H19FN2O2/c1-10-7-14(19(2)3)13-9-12(17)8-11(16(13)18-10)5-6-15(20)21-4/h7-9H,5-6H2,1-4H3. The van der Waals surface area contributed by atoms with Gasteiger partial charge in [-0.25, -0.2) is 4.39 Å². The highest BCUT2D eigenvalue weighted by Crippen LogP contribution is 2.29. The molecule has 5 heteroatoms. The number of carbonyl (C=O) groups excluding carboxylic acids is 1. The number of pyridine rings is 1. The molecule has 0 fully saturated rings. The molecule has 0 bridgehead atoms. The van der Waals surface area contributed by atoms with Crippen molar-refractivity contribution in [2.75, 3.05) is 26.1 Å². The molecule has 1 aromatic heterocycles. The maximum Gasteiger partial charge on any atom is 0.305 e. The Hall–Kier alpha value is -2.17. The van der Waals surface area contributed by atoms with E-state index in [1.807, 2.05) is 32.0 Å². The summed E-state index contributed by atoms with van der Waals surface area (Å²) in [6.45, 7) is 1.90. The van der Waals surface area contributed by atoms with Crippen LogP contribution in [0.4, 0.5) is 10.1 Å². The molecule has 1 aromatic carbocycles. The van der Waals surface area contributed by atoms with Crippen LogP contribution >= 0.6 is 0 Å². The van der Waals surface area contributed by atoms with Crippen molar-refractivity contribution in [2.24, 2.45) is 0 Å². The molecule has 1 heterocycles. The molecule has 4 nitrogen and oxygen atoms in total. The second-order valence-corrected chi connectivity index (χ2v) is 5.21. The van der Waals surface area contributed by atoms with Gasteiger partial charge in [-0.05, 0) is 37.1 Å². The Bertz CT molecular complexity index is 684. The van der Waals surface area contributed by atoms with Crippen LogP contribution in [0, 0.1) is 12.7 Å². The van der Waals surface area contributed by atoms with Gasteiger partial charge < -0.3 is 9.64 Å². The Morgan fingerprint density at radius 2 is 2.05 bits per heavy atom. The van der Waals surface area contributed by atoms with Crippen molar-refractivity contribution in [2.45, 2.75) is 19.8 Å². The zero-order chi connectivity index (χ0) is 15.6. The lowest BCUT2D eigenvalue weighted by molar-refractivity contribution is -0.140. The van der Waals surface area contributed by atoms with E-state index in [0.717, 1.165) is 27.8 Å². The van der Waals surface area contributed by atoms with Crippen LogP contribution in [0.5, 0.6) is 0 Å². The smallest absolute Gasteiger partial charge is 0.305 e. The first kappa shape index (κ1) is 15.2. The first-order chi connectivity index (χ1) is 9.92. The van der Waals surface area contributed by atoms with Gasteiger partial charge in [0.05, 0.1) is 12.6 Å². The molecule has 0 unspecified atom stereocenters. The summed E-state index contributed by atoms with van der Waals surface area (Å²) in [7, 11) is 5.17. The molecule has 0 atom stereocenters. The number of hydrogen-bond acceptors (Lipinski definition) is 4. The van der Waals surface area contributed by atoms with E-state index in [-0.39, 0.29) is 18.2 Å². The highest BCUT2D eigenvalue weighted by atomic mass is 19.1. The summed E-state index contributed by atoms with van der Waals surface area (Å²) >= 11 is 0. The zero-order valence-electron chi connectivity index (χ0n) is 12.7. The molecule has 0 aliphatic carbocycles. The molecule has 21 heavy (non-hydrogen) atoms. The summed E-state index contributed by atoms with van der Waals surface area (Å²) in [5, 5.41) is 0.755. The number of aromatic nitrogens is 1. The number of ether oxygens (including phenoxy) is 1. The third kappa shape index (κ3) is 3.29. The summed E-state index contributed by atoms with van der Waals surface area (Å²) in [6, 6.07) is 4.85. The lowest BCUT2D eigenvalue weighted by Gasteiger charge is -2.17. The summed E-state index contributed by atoms with van der Waals surface area (Å²) < 4.78 is 18.5. The molecule has 2 aromatic rings. The van der Waals surface area contributed by atoms with Crippen molar-refractivity contribution in [3.63, 3.8) is 0 Å². The van der Waals surface area contributed by atoms with Crippen LogP contribution in [0.25, 0.3) is 10.9 Å². The van der Waals surface area contributed by atoms with E-state index < -0.39 is 0 Å². The number of rotatable bonds is 4. The summed E-state index contributed by atoms with van der Waals surface area (Å²) in [4.78, 5) is 17.8. The van der Waals surface area contributed by atoms with Crippen molar-refractivity contribution in [3.05, 3.63) is 35.3 Å². The van der Waals surface area contributed by atoms with Crippen LogP contribution in [0.15, 0.2) is 18.2 Å². The highest BCUT2D eigenvalue weighted by Gasteiger charge is 2.13. The minimum absolute atomic E-state index is 0.210. The van der Waals surface area contributed by atoms with Crippen molar-refractivity contribution < 1.29 is 13.9 Å². The topological polar surface area (TPSA) is 42.4 Å². The van der Waals surface area contributed by atoms with Gasteiger partial charge in [0.15, 0.2) is 0 Å². The zero-order valence-corrected chi connectivity index (χ0v) is 12.7. The van der Waals surface area contributed by atoms with Crippen molar-refractivity contribution >= 4 is 22.6 Å². The Morgan fingerprint density at radius 3 is 2.67 bits per heavy atom. The number of aryl methyl sites for hydroxylation is 2. The van der Waals surface area contributed by atoms with Gasteiger partial charge in [0.2, 0.25) is 0 Å². The Morgan fingerprint density at radius 1 is 1.33 bits per heavy atom. The van der Waals surface area contributed by atoms with E-state index in [1.54, 1.807) is 0 Å². The summed E-state index contributed by atoms with van der Waals surface area (Å²) in [5.74, 6) is -0.635. The second-order valence-electron chi connectivity index (χ2n) is 5.21. The SMILES string of the molecule is COC(=O)CCc1cc(F)cc2c(N(C)C)cc(C)nc12. The largest absolute Gasteiger partial charge is 0.469 e. The molecule has 0 aliphatic rings. The second kappa shape index (κ2) is 6.08. The third-order valence-corrected chi connectivity index (χ3v) is 3.37. The van der Waals surface area contributed by atoms with E-state index in [9.17, 15) is 9.18 Å². The average molecular weight is 290 g/mol. The van der Waals surface area contributed by atoms with E-state index in [2.05, 4.69) is 9.72 Å². The fourth-order valence-corrected chi connectivity index (χ4v) is 2.37. The number of benzene rings is 1. The molecule has 0 N–H and O–H groups in total. The normalized spacial score (nSPS) is 10.7. The number of carbonyl (C=O) groups is 1. The molecule has 0 radical (unpaired) electrons. The van der Waals surface area contributed by atoms with E-state index in [1.165, 1.54) is 19.2 Å². The molecular weight excluding hydrogens is 271 g/mol. The lowest BCUT2D eigenvalue weighted by atomic mass is 10.0. The van der Waals surface area contributed by atoms with E-state index >= 15 is 0 Å². The number of esters is 1. The third-order valence-electron chi connectivity index (χ3n) is 3.37. The van der Waals surface area contributed by atoms with Crippen molar-refractivity contribution in [3.8, 4) is 0 Å². The van der Waals surface area contributed by atoms with Gasteiger partial charge >= 0.3 is 5.97 Å². The number of fused-ring (bicyclic) bond motifs is 1. The molecule has 0 spiro atoms. The van der Waals surface area contributed by atoms with Gasteiger partial charge in [-0.2, -0.15) is 0 Å². The monoisotopic (exact) mass is 290 g/mol. The van der Waals surface area contributed by atoms with Gasteiger partial charge in [0.1, 0.15) is 5.82 Å². The van der Waals surface area contributed by atoms with Crippen LogP contribution in [0.1, 0.15) is 17.7 Å². The van der Waals surface area contributed by atoms with Gasteiger partial charge in [0.25, 0.3) is 0 Å². The van der Waals surface area contributed by atoms with Crippen LogP contribution in [0.3, 0.4) is 0 Å². The molecule has 2 rings (SSSR count). The molecule has 0 amide bonds. The maximum atomic E-state index is 13.9. The van der Waals surface area contributed by atoms with Gasteiger partial charge in [0, 0.05) is 37.3 Å². The molecule has 0 saturated heterocycles. The fourth-order valence-electron chi connectivity index (χ4n) is 2.37. The minimum Gasteiger partial charge on any atom is -0.469 e. The van der Waals surface area contributed by atoms with Crippen molar-refractivity contribution in [1.29, 1.82) is 0 Å². The van der Waals surface area contributed by atoms with Crippen molar-refractivity contribution in [1.82, 2.24) is 4.98 Å². The first-order valence-electron chi connectivity index (χ1n) is 6.76. The lowest BCUT2D eigenvalue weighted by Crippen LogP contribution is -2.11. The summed E-state index contributed by atoms with van der Waals surface area (Å²) in [5.41, 5.74) is 3.24.